The van der Waals surface area contributed by atoms with Gasteiger partial charge >= 0.3 is 0 Å². The van der Waals surface area contributed by atoms with Crippen LogP contribution in [0.2, 0.25) is 0 Å². The molecule has 3 saturated heterocycles. The van der Waals surface area contributed by atoms with E-state index in [1.165, 1.54) is 0 Å². The molecule has 0 aromatic carbocycles. The number of aliphatic hydroxyl groups excluding tert-OH is 1. The van der Waals surface area contributed by atoms with Crippen LogP contribution in [0.3, 0.4) is 0 Å². The maximum absolute atomic E-state index is 13.7. The highest BCUT2D eigenvalue weighted by Crippen LogP contribution is 2.66. The molecule has 3 aliphatic rings. The Bertz CT molecular complexity index is 694. The van der Waals surface area contributed by atoms with Gasteiger partial charge in [-0.05, 0) is 39.5 Å². The fourth-order valence-electron chi connectivity index (χ4n) is 5.47. The largest absolute Gasteiger partial charge is 0.394 e. The number of carbonyl (C=O) groups excluding carboxylic acids is 3. The van der Waals surface area contributed by atoms with Crippen LogP contribution >= 0.6 is 11.8 Å². The van der Waals surface area contributed by atoms with Crippen LogP contribution in [0.1, 0.15) is 53.9 Å². The number of carbonyl (C=O) groups is 3. The van der Waals surface area contributed by atoms with Gasteiger partial charge in [-0.1, -0.05) is 20.3 Å². The molecule has 0 aliphatic carbocycles. The molecule has 164 valence electrons. The topological polar surface area (TPSA) is 98.7 Å². The summed E-state index contributed by atoms with van der Waals surface area (Å²) in [6.07, 6.45) is 2.35. The van der Waals surface area contributed by atoms with Crippen molar-refractivity contribution in [2.24, 2.45) is 17.8 Å². The second kappa shape index (κ2) is 7.76. The quantitative estimate of drug-likeness (QED) is 0.593. The van der Waals surface area contributed by atoms with E-state index in [9.17, 15) is 19.5 Å². The predicted molar refractivity (Wildman–Crippen MR) is 113 cm³/mol. The summed E-state index contributed by atoms with van der Waals surface area (Å²) in [5.41, 5.74) is -0.437. The summed E-state index contributed by atoms with van der Waals surface area (Å²) in [7, 11) is 1.60. The van der Waals surface area contributed by atoms with Gasteiger partial charge in [0.15, 0.2) is 0 Å². The Balaban J connectivity index is 2.09. The number of amides is 3. The summed E-state index contributed by atoms with van der Waals surface area (Å²) in [5.74, 6) is -1.34. The fourth-order valence-corrected chi connectivity index (χ4v) is 7.67. The molecule has 0 radical (unpaired) electrons. The van der Waals surface area contributed by atoms with Crippen molar-refractivity contribution in [3.63, 3.8) is 0 Å². The van der Waals surface area contributed by atoms with Crippen molar-refractivity contribution in [1.29, 1.82) is 0 Å². The number of fused-ring (bicyclic) bond motifs is 1. The number of nitrogens with one attached hydrogen (secondary N) is 2. The van der Waals surface area contributed by atoms with Gasteiger partial charge < -0.3 is 20.6 Å². The molecule has 2 unspecified atom stereocenters. The normalized spacial score (nSPS) is 35.4. The van der Waals surface area contributed by atoms with Gasteiger partial charge in [0.05, 0.1) is 29.2 Å². The zero-order valence-corrected chi connectivity index (χ0v) is 19.1. The zero-order chi connectivity index (χ0) is 21.7. The smallest absolute Gasteiger partial charge is 0.244 e. The molecule has 3 amide bonds. The van der Waals surface area contributed by atoms with Crippen molar-refractivity contribution in [2.75, 3.05) is 13.7 Å². The number of hydrogen-bond donors (Lipinski definition) is 3. The molecular weight excluding hydrogens is 390 g/mol. The van der Waals surface area contributed by atoms with E-state index in [1.807, 2.05) is 34.6 Å². The van der Waals surface area contributed by atoms with Crippen LogP contribution in [-0.2, 0) is 14.4 Å². The number of aliphatic hydroxyl groups is 1. The minimum absolute atomic E-state index is 0.0461. The Morgan fingerprint density at radius 2 is 2.00 bits per heavy atom. The van der Waals surface area contributed by atoms with Gasteiger partial charge in [0.25, 0.3) is 0 Å². The SMILES string of the molecule is CC[C@H](C)[C@H](CO)N1C(=O)[C@@H]2[C@@H](C(=O)NC)[C@H]3CCC2(S3)C1C(=O)NC(C)(C)C. The second-order valence-corrected chi connectivity index (χ2v) is 11.4. The Morgan fingerprint density at radius 1 is 1.34 bits per heavy atom. The van der Waals surface area contributed by atoms with E-state index in [2.05, 4.69) is 10.6 Å². The molecule has 7 nitrogen and oxygen atoms in total. The summed E-state index contributed by atoms with van der Waals surface area (Å²) in [5, 5.41) is 16.0. The van der Waals surface area contributed by atoms with Crippen LogP contribution < -0.4 is 10.6 Å². The molecule has 3 rings (SSSR count). The van der Waals surface area contributed by atoms with Gasteiger partial charge in [0.1, 0.15) is 6.04 Å². The van der Waals surface area contributed by atoms with Gasteiger partial charge in [-0.2, -0.15) is 0 Å². The van der Waals surface area contributed by atoms with E-state index in [0.717, 1.165) is 19.3 Å². The van der Waals surface area contributed by atoms with Crippen molar-refractivity contribution in [1.82, 2.24) is 15.5 Å². The Kier molecular flexibility index (Phi) is 6.00. The molecule has 8 heteroatoms. The van der Waals surface area contributed by atoms with Gasteiger partial charge in [-0.15, -0.1) is 11.8 Å². The number of rotatable bonds is 6. The molecular formula is C21H35N3O4S. The average molecular weight is 426 g/mol. The summed E-state index contributed by atoms with van der Waals surface area (Å²) in [6, 6.07) is -1.11. The molecule has 0 aromatic rings. The molecule has 3 aliphatic heterocycles. The maximum Gasteiger partial charge on any atom is 0.244 e. The third kappa shape index (κ3) is 3.46. The first-order chi connectivity index (χ1) is 13.5. The number of thioether (sulfide) groups is 1. The van der Waals surface area contributed by atoms with E-state index in [1.54, 1.807) is 23.7 Å². The van der Waals surface area contributed by atoms with E-state index in [-0.39, 0.29) is 35.5 Å². The van der Waals surface area contributed by atoms with E-state index in [4.69, 9.17) is 0 Å². The highest BCUT2D eigenvalue weighted by molar-refractivity contribution is 8.02. The zero-order valence-electron chi connectivity index (χ0n) is 18.3. The van der Waals surface area contributed by atoms with Crippen LogP contribution in [0.5, 0.6) is 0 Å². The van der Waals surface area contributed by atoms with E-state index >= 15 is 0 Å². The first-order valence-electron chi connectivity index (χ1n) is 10.7. The van der Waals surface area contributed by atoms with Gasteiger partial charge in [0.2, 0.25) is 17.7 Å². The summed E-state index contributed by atoms with van der Waals surface area (Å²) < 4.78 is -0.602. The Morgan fingerprint density at radius 3 is 2.52 bits per heavy atom. The van der Waals surface area contributed by atoms with E-state index in [0.29, 0.717) is 0 Å². The van der Waals surface area contributed by atoms with Crippen LogP contribution in [-0.4, -0.2) is 69.0 Å². The standard InChI is InChI=1S/C21H35N3O4S/c1-7-11(2)12(10-25)24-16(18(27)23-20(3,4)5)21-9-8-13(29-21)14(17(26)22-6)15(21)19(24)28/h11-16,25H,7-10H2,1-6H3,(H,22,26)(H,23,27)/t11-,12-,13+,14-,15-,16?,21?/m0/s1. The molecule has 7 atom stereocenters. The average Bonchev–Trinajstić information content (AvgIpc) is 3.28. The molecule has 3 N–H and O–H groups in total. The predicted octanol–water partition coefficient (Wildman–Crippen LogP) is 1.15. The highest BCUT2D eigenvalue weighted by Gasteiger charge is 2.74. The summed E-state index contributed by atoms with van der Waals surface area (Å²) in [4.78, 5) is 41.6. The third-order valence-electron chi connectivity index (χ3n) is 6.88. The minimum Gasteiger partial charge on any atom is -0.394 e. The minimum atomic E-state index is -0.671. The number of nitrogens with zero attached hydrogens (tertiary/aromatic N) is 1. The van der Waals surface area contributed by atoms with Crippen LogP contribution in [0.25, 0.3) is 0 Å². The maximum atomic E-state index is 13.7. The van der Waals surface area contributed by atoms with Crippen molar-refractivity contribution >= 4 is 29.5 Å². The molecule has 1 spiro atoms. The molecule has 0 saturated carbocycles. The van der Waals surface area contributed by atoms with Crippen LogP contribution in [0.15, 0.2) is 0 Å². The molecule has 0 aromatic heterocycles. The van der Waals surface area contributed by atoms with E-state index < -0.39 is 34.2 Å². The first-order valence-corrected chi connectivity index (χ1v) is 11.5. The monoisotopic (exact) mass is 425 g/mol. The van der Waals surface area contributed by atoms with Crippen LogP contribution in [0.4, 0.5) is 0 Å². The lowest BCUT2D eigenvalue weighted by molar-refractivity contribution is -0.144. The van der Waals surface area contributed by atoms with Gasteiger partial charge in [-0.25, -0.2) is 0 Å². The molecule has 3 heterocycles. The number of hydrogen-bond acceptors (Lipinski definition) is 5. The molecule has 29 heavy (non-hydrogen) atoms. The fraction of sp³-hybridized carbons (Fsp3) is 0.857. The summed E-state index contributed by atoms with van der Waals surface area (Å²) in [6.45, 7) is 9.59. The van der Waals surface area contributed by atoms with Crippen molar-refractivity contribution < 1.29 is 19.5 Å². The second-order valence-electron chi connectivity index (χ2n) is 9.79. The van der Waals surface area contributed by atoms with Crippen LogP contribution in [0, 0.1) is 17.8 Å². The van der Waals surface area contributed by atoms with Gasteiger partial charge in [0, 0.05) is 17.8 Å². The lowest BCUT2D eigenvalue weighted by Crippen LogP contribution is -2.60. The third-order valence-corrected chi connectivity index (χ3v) is 8.83. The van der Waals surface area contributed by atoms with Crippen molar-refractivity contribution in [3.05, 3.63) is 0 Å². The lowest BCUT2D eigenvalue weighted by atomic mass is 9.70. The summed E-state index contributed by atoms with van der Waals surface area (Å²) >= 11 is 1.65. The Hall–Kier alpha value is -1.28. The number of likely N-dealkylation sites (tertiary alicyclic amines) is 1. The van der Waals surface area contributed by atoms with Gasteiger partial charge in [-0.3, -0.25) is 14.4 Å². The van der Waals surface area contributed by atoms with Crippen molar-refractivity contribution in [2.45, 2.75) is 81.5 Å². The van der Waals surface area contributed by atoms with Crippen molar-refractivity contribution in [3.8, 4) is 0 Å². The lowest BCUT2D eigenvalue weighted by Gasteiger charge is -2.40. The molecule has 3 fully saturated rings. The molecule has 2 bridgehead atoms. The Labute approximate surface area is 177 Å². The first kappa shape index (κ1) is 22.4. The highest BCUT2D eigenvalue weighted by atomic mass is 32.2.